The van der Waals surface area contributed by atoms with Crippen molar-refractivity contribution >= 4 is 17.7 Å². The quantitative estimate of drug-likeness (QED) is 0.825. The SMILES string of the molecule is O=C(O)Cc1ccc(CSc2ncco2)cc1. The van der Waals surface area contributed by atoms with E-state index < -0.39 is 5.97 Å². The predicted octanol–water partition coefficient (Wildman–Crippen LogP) is 2.59. The van der Waals surface area contributed by atoms with Crippen molar-refractivity contribution in [2.45, 2.75) is 17.4 Å². The largest absolute Gasteiger partial charge is 0.481 e. The zero-order valence-electron chi connectivity index (χ0n) is 9.00. The number of aromatic nitrogens is 1. The van der Waals surface area contributed by atoms with Gasteiger partial charge in [-0.25, -0.2) is 4.98 Å². The molecule has 4 nitrogen and oxygen atoms in total. The molecule has 0 amide bonds. The van der Waals surface area contributed by atoms with Crippen molar-refractivity contribution < 1.29 is 14.3 Å². The smallest absolute Gasteiger partial charge is 0.307 e. The van der Waals surface area contributed by atoms with E-state index in [0.717, 1.165) is 16.9 Å². The predicted molar refractivity (Wildman–Crippen MR) is 63.8 cm³/mol. The lowest BCUT2D eigenvalue weighted by Crippen LogP contribution is -1.99. The zero-order chi connectivity index (χ0) is 12.1. The van der Waals surface area contributed by atoms with Crippen LogP contribution in [0.4, 0.5) is 0 Å². The Morgan fingerprint density at radius 1 is 1.29 bits per heavy atom. The highest BCUT2D eigenvalue weighted by molar-refractivity contribution is 7.98. The summed E-state index contributed by atoms with van der Waals surface area (Å²) in [5, 5.41) is 9.28. The fraction of sp³-hybridized carbons (Fsp3) is 0.167. The molecule has 0 fully saturated rings. The van der Waals surface area contributed by atoms with Gasteiger partial charge in [0.25, 0.3) is 5.22 Å². The molecule has 1 heterocycles. The Morgan fingerprint density at radius 2 is 2.00 bits per heavy atom. The Hall–Kier alpha value is -1.75. The molecule has 0 aliphatic heterocycles. The highest BCUT2D eigenvalue weighted by Crippen LogP contribution is 2.20. The summed E-state index contributed by atoms with van der Waals surface area (Å²) in [5.41, 5.74) is 1.92. The normalized spacial score (nSPS) is 10.4. The number of hydrogen-bond acceptors (Lipinski definition) is 4. The van der Waals surface area contributed by atoms with Gasteiger partial charge in [0.1, 0.15) is 6.26 Å². The van der Waals surface area contributed by atoms with Gasteiger partial charge in [-0.1, -0.05) is 36.0 Å². The summed E-state index contributed by atoms with van der Waals surface area (Å²) in [4.78, 5) is 14.5. The third-order valence-electron chi connectivity index (χ3n) is 2.15. The van der Waals surface area contributed by atoms with Crippen LogP contribution in [0.5, 0.6) is 0 Å². The lowest BCUT2D eigenvalue weighted by molar-refractivity contribution is -0.136. The fourth-order valence-corrected chi connectivity index (χ4v) is 2.10. The summed E-state index contributed by atoms with van der Waals surface area (Å²) < 4.78 is 5.11. The van der Waals surface area contributed by atoms with Crippen LogP contribution in [0.2, 0.25) is 0 Å². The molecule has 1 N–H and O–H groups in total. The molecule has 0 atom stereocenters. The van der Waals surface area contributed by atoms with Gasteiger partial charge >= 0.3 is 5.97 Å². The molecule has 17 heavy (non-hydrogen) atoms. The lowest BCUT2D eigenvalue weighted by Gasteiger charge is -2.01. The lowest BCUT2D eigenvalue weighted by atomic mass is 10.1. The van der Waals surface area contributed by atoms with Crippen molar-refractivity contribution in [2.24, 2.45) is 0 Å². The Balaban J connectivity index is 1.91. The number of thioether (sulfide) groups is 1. The third-order valence-corrected chi connectivity index (χ3v) is 3.08. The second kappa shape index (κ2) is 5.54. The van der Waals surface area contributed by atoms with Gasteiger partial charge in [0, 0.05) is 5.75 Å². The number of carboxylic acids is 1. The molecule has 2 aromatic rings. The Bertz CT molecular complexity index is 479. The first-order valence-corrected chi connectivity index (χ1v) is 6.04. The van der Waals surface area contributed by atoms with Gasteiger partial charge in [-0.2, -0.15) is 0 Å². The van der Waals surface area contributed by atoms with Crippen LogP contribution < -0.4 is 0 Å². The van der Waals surface area contributed by atoms with Crippen molar-refractivity contribution in [3.05, 3.63) is 47.9 Å². The first-order chi connectivity index (χ1) is 8.24. The number of carbonyl (C=O) groups is 1. The van der Waals surface area contributed by atoms with Crippen LogP contribution in [0.1, 0.15) is 11.1 Å². The highest BCUT2D eigenvalue weighted by Gasteiger charge is 2.02. The molecule has 0 bridgehead atoms. The van der Waals surface area contributed by atoms with Crippen LogP contribution in [-0.2, 0) is 17.0 Å². The van der Waals surface area contributed by atoms with Gasteiger partial charge in [-0.15, -0.1) is 0 Å². The van der Waals surface area contributed by atoms with Gasteiger partial charge in [0.2, 0.25) is 0 Å². The van der Waals surface area contributed by atoms with Crippen LogP contribution >= 0.6 is 11.8 Å². The second-order valence-corrected chi connectivity index (χ2v) is 4.40. The number of rotatable bonds is 5. The van der Waals surface area contributed by atoms with Crippen molar-refractivity contribution in [2.75, 3.05) is 0 Å². The number of nitrogens with zero attached hydrogens (tertiary/aromatic N) is 1. The molecule has 88 valence electrons. The summed E-state index contributed by atoms with van der Waals surface area (Å²) in [7, 11) is 0. The average Bonchev–Trinajstić information content (AvgIpc) is 2.80. The average molecular weight is 249 g/mol. The fourth-order valence-electron chi connectivity index (χ4n) is 1.35. The van der Waals surface area contributed by atoms with Crippen LogP contribution in [-0.4, -0.2) is 16.1 Å². The highest BCUT2D eigenvalue weighted by atomic mass is 32.2. The minimum atomic E-state index is -0.813. The number of oxazole rings is 1. The summed E-state index contributed by atoms with van der Waals surface area (Å²) in [5.74, 6) is -0.0552. The molecule has 0 saturated heterocycles. The Labute approximate surface area is 103 Å². The molecule has 1 aromatic carbocycles. The maximum absolute atomic E-state index is 10.5. The van der Waals surface area contributed by atoms with Crippen LogP contribution in [0.25, 0.3) is 0 Å². The Morgan fingerprint density at radius 3 is 2.59 bits per heavy atom. The van der Waals surface area contributed by atoms with E-state index in [0.29, 0.717) is 5.22 Å². The van der Waals surface area contributed by atoms with Crippen LogP contribution in [0.15, 0.2) is 46.4 Å². The molecule has 0 unspecified atom stereocenters. The Kier molecular flexibility index (Phi) is 3.82. The summed E-state index contributed by atoms with van der Waals surface area (Å²) >= 11 is 1.51. The first kappa shape index (κ1) is 11.7. The van der Waals surface area contributed by atoms with Gasteiger partial charge in [0.05, 0.1) is 12.6 Å². The van der Waals surface area contributed by atoms with Crippen molar-refractivity contribution in [1.29, 1.82) is 0 Å². The monoisotopic (exact) mass is 249 g/mol. The van der Waals surface area contributed by atoms with Crippen LogP contribution in [0.3, 0.4) is 0 Å². The molecular weight excluding hydrogens is 238 g/mol. The van der Waals surface area contributed by atoms with E-state index in [2.05, 4.69) is 4.98 Å². The molecule has 0 aliphatic carbocycles. The topological polar surface area (TPSA) is 63.3 Å². The summed E-state index contributed by atoms with van der Waals surface area (Å²) in [6, 6.07) is 7.52. The molecule has 5 heteroatoms. The summed E-state index contributed by atoms with van der Waals surface area (Å²) in [6.45, 7) is 0. The van der Waals surface area contributed by atoms with Crippen molar-refractivity contribution in [1.82, 2.24) is 4.98 Å². The molecular formula is C12H11NO3S. The van der Waals surface area contributed by atoms with Gasteiger partial charge in [0.15, 0.2) is 0 Å². The minimum absolute atomic E-state index is 0.0627. The van der Waals surface area contributed by atoms with Gasteiger partial charge in [-0.05, 0) is 11.1 Å². The number of hydrogen-bond donors (Lipinski definition) is 1. The molecule has 0 saturated carbocycles. The first-order valence-electron chi connectivity index (χ1n) is 5.06. The van der Waals surface area contributed by atoms with E-state index in [4.69, 9.17) is 9.52 Å². The maximum Gasteiger partial charge on any atom is 0.307 e. The van der Waals surface area contributed by atoms with Gasteiger partial charge < -0.3 is 9.52 Å². The van der Waals surface area contributed by atoms with Crippen molar-refractivity contribution in [3.8, 4) is 0 Å². The minimum Gasteiger partial charge on any atom is -0.481 e. The van der Waals surface area contributed by atoms with Gasteiger partial charge in [-0.3, -0.25) is 4.79 Å². The zero-order valence-corrected chi connectivity index (χ0v) is 9.81. The third kappa shape index (κ3) is 3.64. The molecule has 0 radical (unpaired) electrons. The van der Waals surface area contributed by atoms with Crippen LogP contribution in [0, 0.1) is 0 Å². The summed E-state index contributed by atoms with van der Waals surface area (Å²) in [6.07, 6.45) is 3.21. The second-order valence-electron chi connectivity index (χ2n) is 3.47. The van der Waals surface area contributed by atoms with E-state index in [1.807, 2.05) is 24.3 Å². The van der Waals surface area contributed by atoms with E-state index in [-0.39, 0.29) is 6.42 Å². The number of benzene rings is 1. The molecule has 0 spiro atoms. The van der Waals surface area contributed by atoms with Crippen molar-refractivity contribution in [3.63, 3.8) is 0 Å². The molecule has 1 aromatic heterocycles. The number of aliphatic carboxylic acids is 1. The maximum atomic E-state index is 10.5. The van der Waals surface area contributed by atoms with E-state index in [1.165, 1.54) is 18.0 Å². The standard InChI is InChI=1S/C12H11NO3S/c14-11(15)7-9-1-3-10(4-2-9)8-17-12-13-5-6-16-12/h1-6H,7-8H2,(H,14,15). The van der Waals surface area contributed by atoms with E-state index in [9.17, 15) is 4.79 Å². The number of carboxylic acid groups (broad SMARTS) is 1. The van der Waals surface area contributed by atoms with E-state index in [1.54, 1.807) is 6.20 Å². The van der Waals surface area contributed by atoms with E-state index >= 15 is 0 Å². The molecule has 2 rings (SSSR count). The molecule has 0 aliphatic rings.